The predicted octanol–water partition coefficient (Wildman–Crippen LogP) is 4.07. The normalized spacial score (nSPS) is 13.0. The molecule has 0 saturated heterocycles. The van der Waals surface area contributed by atoms with Gasteiger partial charge in [-0.15, -0.1) is 0 Å². The van der Waals surface area contributed by atoms with Crippen molar-refractivity contribution in [3.05, 3.63) is 59.7 Å². The standard InChI is InChI=1S/C20H25NO3/c1-5-17(15-9-7-6-8-10-15)20(22)21-14(2)18-13-16(23-3)11-12-19(18)24-4/h6-14,17H,5H2,1-4H3,(H,21,22). The van der Waals surface area contributed by atoms with Crippen LogP contribution in [0.1, 0.15) is 43.4 Å². The number of rotatable bonds is 7. The highest BCUT2D eigenvalue weighted by Crippen LogP contribution is 2.30. The van der Waals surface area contributed by atoms with E-state index >= 15 is 0 Å². The Morgan fingerprint density at radius 2 is 1.79 bits per heavy atom. The summed E-state index contributed by atoms with van der Waals surface area (Å²) in [6, 6.07) is 15.3. The van der Waals surface area contributed by atoms with Crippen LogP contribution in [0.15, 0.2) is 48.5 Å². The zero-order chi connectivity index (χ0) is 17.5. The SMILES string of the molecule is CCC(C(=O)NC(C)c1cc(OC)ccc1OC)c1ccccc1. The van der Waals surface area contributed by atoms with Crippen molar-refractivity contribution in [1.82, 2.24) is 5.32 Å². The number of amides is 1. The van der Waals surface area contributed by atoms with Gasteiger partial charge in [-0.3, -0.25) is 4.79 Å². The van der Waals surface area contributed by atoms with Crippen LogP contribution in [0.5, 0.6) is 11.5 Å². The van der Waals surface area contributed by atoms with Gasteiger partial charge in [0.2, 0.25) is 5.91 Å². The minimum Gasteiger partial charge on any atom is -0.497 e. The second-order valence-corrected chi connectivity index (χ2v) is 5.71. The Kier molecular flexibility index (Phi) is 6.24. The van der Waals surface area contributed by atoms with Crippen molar-refractivity contribution < 1.29 is 14.3 Å². The van der Waals surface area contributed by atoms with Gasteiger partial charge in [0.1, 0.15) is 11.5 Å². The summed E-state index contributed by atoms with van der Waals surface area (Å²) in [5.41, 5.74) is 1.93. The Labute approximate surface area is 143 Å². The van der Waals surface area contributed by atoms with Crippen molar-refractivity contribution in [3.63, 3.8) is 0 Å². The zero-order valence-electron chi connectivity index (χ0n) is 14.7. The highest BCUT2D eigenvalue weighted by molar-refractivity contribution is 5.84. The molecule has 0 saturated carbocycles. The number of ether oxygens (including phenoxy) is 2. The molecule has 0 fully saturated rings. The highest BCUT2D eigenvalue weighted by Gasteiger charge is 2.22. The molecule has 0 heterocycles. The number of carbonyl (C=O) groups excluding carboxylic acids is 1. The molecule has 0 aliphatic heterocycles. The molecule has 24 heavy (non-hydrogen) atoms. The van der Waals surface area contributed by atoms with E-state index in [2.05, 4.69) is 5.32 Å². The number of methoxy groups -OCH3 is 2. The quantitative estimate of drug-likeness (QED) is 0.834. The maximum absolute atomic E-state index is 12.7. The average Bonchev–Trinajstić information content (AvgIpc) is 2.62. The molecule has 2 aromatic rings. The summed E-state index contributed by atoms with van der Waals surface area (Å²) < 4.78 is 10.7. The van der Waals surface area contributed by atoms with E-state index in [1.165, 1.54) is 0 Å². The summed E-state index contributed by atoms with van der Waals surface area (Å²) >= 11 is 0. The number of nitrogens with one attached hydrogen (secondary N) is 1. The van der Waals surface area contributed by atoms with Gasteiger partial charge in [0.25, 0.3) is 0 Å². The van der Waals surface area contributed by atoms with E-state index in [-0.39, 0.29) is 17.9 Å². The minimum absolute atomic E-state index is 0.0149. The summed E-state index contributed by atoms with van der Waals surface area (Å²) in [4.78, 5) is 12.7. The van der Waals surface area contributed by atoms with Gasteiger partial charge in [-0.05, 0) is 37.1 Å². The molecular weight excluding hydrogens is 302 g/mol. The number of carbonyl (C=O) groups is 1. The summed E-state index contributed by atoms with van der Waals surface area (Å²) in [6.45, 7) is 3.97. The van der Waals surface area contributed by atoms with Crippen LogP contribution in [0.4, 0.5) is 0 Å². The Hall–Kier alpha value is -2.49. The van der Waals surface area contributed by atoms with Crippen molar-refractivity contribution in [3.8, 4) is 11.5 Å². The lowest BCUT2D eigenvalue weighted by Crippen LogP contribution is -2.31. The van der Waals surface area contributed by atoms with Gasteiger partial charge < -0.3 is 14.8 Å². The molecule has 2 unspecified atom stereocenters. The van der Waals surface area contributed by atoms with E-state index in [4.69, 9.17) is 9.47 Å². The lowest BCUT2D eigenvalue weighted by molar-refractivity contribution is -0.123. The van der Waals surface area contributed by atoms with Gasteiger partial charge >= 0.3 is 0 Å². The molecule has 1 N–H and O–H groups in total. The molecule has 0 spiro atoms. The van der Waals surface area contributed by atoms with Crippen molar-refractivity contribution >= 4 is 5.91 Å². The van der Waals surface area contributed by atoms with Crippen LogP contribution in [-0.2, 0) is 4.79 Å². The largest absolute Gasteiger partial charge is 0.497 e. The molecule has 0 aromatic heterocycles. The van der Waals surface area contributed by atoms with Gasteiger partial charge in [-0.25, -0.2) is 0 Å². The topological polar surface area (TPSA) is 47.6 Å². The lowest BCUT2D eigenvalue weighted by Gasteiger charge is -2.22. The molecule has 4 heteroatoms. The molecule has 0 aliphatic carbocycles. The summed E-state index contributed by atoms with van der Waals surface area (Å²) in [5, 5.41) is 3.10. The van der Waals surface area contributed by atoms with Crippen LogP contribution in [0.2, 0.25) is 0 Å². The number of hydrogen-bond acceptors (Lipinski definition) is 3. The van der Waals surface area contributed by atoms with Crippen LogP contribution in [0, 0.1) is 0 Å². The fourth-order valence-electron chi connectivity index (χ4n) is 2.83. The second-order valence-electron chi connectivity index (χ2n) is 5.71. The van der Waals surface area contributed by atoms with Crippen molar-refractivity contribution in [1.29, 1.82) is 0 Å². The van der Waals surface area contributed by atoms with E-state index in [1.807, 2.05) is 62.4 Å². The Morgan fingerprint density at radius 1 is 1.08 bits per heavy atom. The molecule has 128 valence electrons. The first-order valence-electron chi connectivity index (χ1n) is 8.17. The maximum atomic E-state index is 12.7. The van der Waals surface area contributed by atoms with Crippen LogP contribution >= 0.6 is 0 Å². The maximum Gasteiger partial charge on any atom is 0.228 e. The third-order valence-corrected chi connectivity index (χ3v) is 4.19. The second kappa shape index (κ2) is 8.39. The van der Waals surface area contributed by atoms with E-state index < -0.39 is 0 Å². The first kappa shape index (κ1) is 17.9. The van der Waals surface area contributed by atoms with Crippen molar-refractivity contribution in [2.75, 3.05) is 14.2 Å². The van der Waals surface area contributed by atoms with E-state index in [0.717, 1.165) is 29.0 Å². The Bertz CT molecular complexity index is 670. The monoisotopic (exact) mass is 327 g/mol. The molecule has 2 aromatic carbocycles. The van der Waals surface area contributed by atoms with E-state index in [1.54, 1.807) is 14.2 Å². The smallest absolute Gasteiger partial charge is 0.228 e. The van der Waals surface area contributed by atoms with Gasteiger partial charge in [0.05, 0.1) is 26.2 Å². The molecule has 1 amide bonds. The first-order valence-corrected chi connectivity index (χ1v) is 8.17. The van der Waals surface area contributed by atoms with Crippen LogP contribution in [0.3, 0.4) is 0 Å². The third-order valence-electron chi connectivity index (χ3n) is 4.19. The van der Waals surface area contributed by atoms with Gasteiger partial charge in [-0.1, -0.05) is 37.3 Å². The predicted molar refractivity (Wildman–Crippen MR) is 95.6 cm³/mol. The fraction of sp³-hybridized carbons (Fsp3) is 0.350. The van der Waals surface area contributed by atoms with Crippen molar-refractivity contribution in [2.45, 2.75) is 32.2 Å². The molecule has 0 bridgehead atoms. The molecule has 4 nitrogen and oxygen atoms in total. The summed E-state index contributed by atoms with van der Waals surface area (Å²) in [5.74, 6) is 1.32. The molecule has 0 radical (unpaired) electrons. The molecule has 2 atom stereocenters. The summed E-state index contributed by atoms with van der Waals surface area (Å²) in [7, 11) is 3.25. The first-order chi connectivity index (χ1) is 11.6. The van der Waals surface area contributed by atoms with Crippen LogP contribution in [-0.4, -0.2) is 20.1 Å². The van der Waals surface area contributed by atoms with E-state index in [9.17, 15) is 4.79 Å². The molecule has 0 aliphatic rings. The number of benzene rings is 2. The fourth-order valence-corrected chi connectivity index (χ4v) is 2.83. The van der Waals surface area contributed by atoms with Gasteiger partial charge in [0.15, 0.2) is 0 Å². The zero-order valence-corrected chi connectivity index (χ0v) is 14.7. The number of hydrogen-bond donors (Lipinski definition) is 1. The Morgan fingerprint density at radius 3 is 2.38 bits per heavy atom. The molecular formula is C20H25NO3. The average molecular weight is 327 g/mol. The van der Waals surface area contributed by atoms with Gasteiger partial charge in [0, 0.05) is 5.56 Å². The summed E-state index contributed by atoms with van der Waals surface area (Å²) in [6.07, 6.45) is 0.748. The van der Waals surface area contributed by atoms with Crippen LogP contribution < -0.4 is 14.8 Å². The molecule has 2 rings (SSSR count). The Balaban J connectivity index is 2.19. The lowest BCUT2D eigenvalue weighted by atomic mass is 9.95. The van der Waals surface area contributed by atoms with Crippen LogP contribution in [0.25, 0.3) is 0 Å². The van der Waals surface area contributed by atoms with Crippen molar-refractivity contribution in [2.24, 2.45) is 0 Å². The highest BCUT2D eigenvalue weighted by atomic mass is 16.5. The van der Waals surface area contributed by atoms with E-state index in [0.29, 0.717) is 0 Å². The minimum atomic E-state index is -0.180. The van der Waals surface area contributed by atoms with Gasteiger partial charge in [-0.2, -0.15) is 0 Å². The third kappa shape index (κ3) is 4.07.